The molecule has 1 aliphatic carbocycles. The van der Waals surface area contributed by atoms with E-state index in [2.05, 4.69) is 0 Å². The van der Waals surface area contributed by atoms with Gasteiger partial charge in [0.2, 0.25) is 10.9 Å². The first kappa shape index (κ1) is 11.8. The number of benzene rings is 1. The lowest BCUT2D eigenvalue weighted by atomic mass is 10.1. The summed E-state index contributed by atoms with van der Waals surface area (Å²) in [6, 6.07) is 8.63. The van der Waals surface area contributed by atoms with Gasteiger partial charge in [-0.15, -0.1) is 22.7 Å². The van der Waals surface area contributed by atoms with E-state index in [1.54, 1.807) is 24.3 Å². The summed E-state index contributed by atoms with van der Waals surface area (Å²) in [7, 11) is 0. The van der Waals surface area contributed by atoms with Crippen molar-refractivity contribution in [2.24, 2.45) is 0 Å². The Kier molecular flexibility index (Phi) is 2.59. The van der Waals surface area contributed by atoms with Crippen LogP contribution in [0.3, 0.4) is 0 Å². The highest BCUT2D eigenvalue weighted by Gasteiger charge is 2.11. The number of nitrogens with two attached hydrogens (primary N) is 1. The molecule has 1 heterocycles. The smallest absolute Gasteiger partial charge is 0.205 e. The molecule has 0 fully saturated rings. The lowest BCUT2D eigenvalue weighted by Gasteiger charge is -1.99. The molecule has 2 aliphatic rings. The predicted molar refractivity (Wildman–Crippen MR) is 76.7 cm³/mol. The maximum atomic E-state index is 12.3. The lowest BCUT2D eigenvalue weighted by Crippen LogP contribution is -2.13. The van der Waals surface area contributed by atoms with E-state index in [-0.39, 0.29) is 20.7 Å². The van der Waals surface area contributed by atoms with Crippen LogP contribution in [0.2, 0.25) is 0 Å². The highest BCUT2D eigenvalue weighted by Crippen LogP contribution is 2.22. The van der Waals surface area contributed by atoms with Gasteiger partial charge in [-0.2, -0.15) is 5.26 Å². The number of hydrogen-bond donors (Lipinski definition) is 1. The van der Waals surface area contributed by atoms with E-state index in [9.17, 15) is 9.59 Å². The third-order valence-electron chi connectivity index (χ3n) is 2.78. The fourth-order valence-electron chi connectivity index (χ4n) is 1.90. The molecule has 3 rings (SSSR count). The summed E-state index contributed by atoms with van der Waals surface area (Å²) in [5, 5.41) is 10.0. The quantitative estimate of drug-likeness (QED) is 0.683. The molecule has 0 aromatic heterocycles. The van der Waals surface area contributed by atoms with Gasteiger partial charge in [-0.25, -0.2) is 0 Å². The average Bonchev–Trinajstić information content (AvgIpc) is 2.44. The minimum atomic E-state index is -0.219. The van der Waals surface area contributed by atoms with Crippen molar-refractivity contribution in [2.75, 3.05) is 5.73 Å². The Morgan fingerprint density at radius 3 is 2.05 bits per heavy atom. The first-order chi connectivity index (χ1) is 9.13. The molecule has 1 aliphatic heterocycles. The number of hydrogen-bond acceptors (Lipinski definition) is 6. The Morgan fingerprint density at radius 1 is 1.00 bits per heavy atom. The molecule has 0 radical (unpaired) electrons. The van der Waals surface area contributed by atoms with Crippen molar-refractivity contribution in [3.8, 4) is 6.07 Å². The number of nitriles is 1. The van der Waals surface area contributed by atoms with Crippen molar-refractivity contribution in [2.45, 2.75) is 0 Å². The molecule has 1 aromatic carbocycles. The summed E-state index contributed by atoms with van der Waals surface area (Å²) in [4.78, 5) is 24.9. The van der Waals surface area contributed by atoms with E-state index in [0.717, 1.165) is 22.7 Å². The second-order valence-electron chi connectivity index (χ2n) is 3.87. The van der Waals surface area contributed by atoms with Crippen molar-refractivity contribution in [3.05, 3.63) is 58.7 Å². The number of fused-ring (bicyclic) bond motifs is 1. The molecular formula is C13H6N2O2S2. The molecule has 0 atom stereocenters. The number of rotatable bonds is 0. The maximum Gasteiger partial charge on any atom is 0.205 e. The zero-order valence-electron chi connectivity index (χ0n) is 9.47. The van der Waals surface area contributed by atoms with E-state index < -0.39 is 0 Å². The molecule has 0 amide bonds. The van der Waals surface area contributed by atoms with E-state index in [1.807, 2.05) is 6.07 Å². The molecule has 1 aromatic rings. The fraction of sp³-hybridized carbons (Fsp3) is 0. The van der Waals surface area contributed by atoms with Crippen LogP contribution in [-0.4, -0.2) is 0 Å². The summed E-state index contributed by atoms with van der Waals surface area (Å²) in [5.41, 5.74) is 5.30. The fourth-order valence-corrected chi connectivity index (χ4v) is 3.89. The average molecular weight is 286 g/mol. The molecule has 0 saturated heterocycles. The van der Waals surface area contributed by atoms with Gasteiger partial charge in [-0.05, 0) is 0 Å². The van der Waals surface area contributed by atoms with Gasteiger partial charge in [0.05, 0.1) is 9.06 Å². The van der Waals surface area contributed by atoms with Crippen LogP contribution >= 0.6 is 22.7 Å². The van der Waals surface area contributed by atoms with Gasteiger partial charge in [-0.3, -0.25) is 9.59 Å². The van der Waals surface area contributed by atoms with Gasteiger partial charge in [0.25, 0.3) is 0 Å². The summed E-state index contributed by atoms with van der Waals surface area (Å²) in [6.07, 6.45) is 0. The highest BCUT2D eigenvalue weighted by molar-refractivity contribution is 7.20. The highest BCUT2D eigenvalue weighted by atomic mass is 32.1. The molecule has 0 bridgehead atoms. The topological polar surface area (TPSA) is 84.0 Å². The molecule has 0 unspecified atom stereocenters. The Hall–Kier alpha value is -2.23. The minimum absolute atomic E-state index is 0.206. The van der Waals surface area contributed by atoms with Crippen LogP contribution in [0.4, 0.5) is 5.00 Å². The van der Waals surface area contributed by atoms with Gasteiger partial charge < -0.3 is 5.73 Å². The molecule has 0 saturated carbocycles. The second kappa shape index (κ2) is 4.16. The largest absolute Gasteiger partial charge is 0.389 e. The zero-order chi connectivity index (χ0) is 13.6. The minimum Gasteiger partial charge on any atom is -0.389 e. The van der Waals surface area contributed by atoms with Crippen molar-refractivity contribution in [1.82, 2.24) is 0 Å². The summed E-state index contributed by atoms with van der Waals surface area (Å²) in [5.74, 6) is 0. The third kappa shape index (κ3) is 1.63. The Bertz CT molecular complexity index is 1030. The first-order valence-corrected chi connectivity index (χ1v) is 6.95. The van der Waals surface area contributed by atoms with Crippen LogP contribution in [-0.2, 0) is 0 Å². The van der Waals surface area contributed by atoms with Gasteiger partial charge in [0.1, 0.15) is 15.9 Å². The van der Waals surface area contributed by atoms with Gasteiger partial charge in [-0.1, -0.05) is 24.3 Å². The monoisotopic (exact) mass is 286 g/mol. The second-order valence-corrected chi connectivity index (χ2v) is 5.94. The summed E-state index contributed by atoms with van der Waals surface area (Å²) < 4.78 is 0.629. The Labute approximate surface area is 114 Å². The van der Waals surface area contributed by atoms with E-state index in [0.29, 0.717) is 19.8 Å². The number of anilines is 1. The van der Waals surface area contributed by atoms with Crippen molar-refractivity contribution in [3.63, 3.8) is 0 Å². The molecule has 92 valence electrons. The molecule has 0 spiro atoms. The van der Waals surface area contributed by atoms with Crippen molar-refractivity contribution < 1.29 is 0 Å². The van der Waals surface area contributed by atoms with E-state index in [1.165, 1.54) is 0 Å². The normalized spacial score (nSPS) is 10.7. The molecule has 4 nitrogen and oxygen atoms in total. The molecule has 19 heavy (non-hydrogen) atoms. The predicted octanol–water partition coefficient (Wildman–Crippen LogP) is 1.86. The lowest BCUT2D eigenvalue weighted by molar-refractivity contribution is 1.52. The van der Waals surface area contributed by atoms with Crippen molar-refractivity contribution in [1.29, 1.82) is 5.26 Å². The van der Waals surface area contributed by atoms with Crippen LogP contribution in [0, 0.1) is 20.4 Å². The van der Waals surface area contributed by atoms with Gasteiger partial charge >= 0.3 is 0 Å². The van der Waals surface area contributed by atoms with Crippen LogP contribution < -0.4 is 16.6 Å². The summed E-state index contributed by atoms with van der Waals surface area (Å²) in [6.45, 7) is 0. The third-order valence-corrected chi connectivity index (χ3v) is 5.16. The maximum absolute atomic E-state index is 12.3. The van der Waals surface area contributed by atoms with Crippen LogP contribution in [0.1, 0.15) is 4.88 Å². The standard InChI is InChI=1S/C13H6N2O2S2/c14-5-8-13(15)19-12-10(17)7-4-2-1-3-6(7)9(16)11(12)18-8/h1-4H,15H2. The van der Waals surface area contributed by atoms with Crippen LogP contribution in [0.15, 0.2) is 33.9 Å². The SMILES string of the molecule is N#Cc1sc2c(=O)c3ccccc3c(=O)c=2sc1N. The van der Waals surface area contributed by atoms with Crippen LogP contribution in [0.5, 0.6) is 0 Å². The molecular weight excluding hydrogens is 280 g/mol. The van der Waals surface area contributed by atoms with Gasteiger partial charge in [0.15, 0.2) is 0 Å². The van der Waals surface area contributed by atoms with Crippen LogP contribution in [0.25, 0.3) is 10.8 Å². The van der Waals surface area contributed by atoms with Gasteiger partial charge in [0, 0.05) is 10.8 Å². The number of nitrogens with zero attached hydrogens (tertiary/aromatic N) is 1. The first-order valence-electron chi connectivity index (χ1n) is 5.31. The summed E-state index contributed by atoms with van der Waals surface area (Å²) >= 11 is 1.98. The molecule has 6 heteroatoms. The Morgan fingerprint density at radius 2 is 1.53 bits per heavy atom. The Balaban J connectivity index is 2.77. The van der Waals surface area contributed by atoms with E-state index >= 15 is 0 Å². The molecule has 2 N–H and O–H groups in total. The van der Waals surface area contributed by atoms with Crippen molar-refractivity contribution >= 4 is 38.4 Å². The number of nitrogen functional groups attached to an aromatic ring is 1. The van der Waals surface area contributed by atoms with E-state index in [4.69, 9.17) is 11.0 Å². The zero-order valence-corrected chi connectivity index (χ0v) is 11.1.